The molecule has 1 aromatic heterocycles. The van der Waals surface area contributed by atoms with Gasteiger partial charge in [-0.1, -0.05) is 11.6 Å². The van der Waals surface area contributed by atoms with Crippen molar-refractivity contribution in [1.82, 2.24) is 9.97 Å². The molecule has 9 heteroatoms. The molecule has 0 fully saturated rings. The zero-order valence-corrected chi connectivity index (χ0v) is 10.9. The summed E-state index contributed by atoms with van der Waals surface area (Å²) >= 11 is 5.64. The first kappa shape index (κ1) is 13.9. The lowest BCUT2D eigenvalue weighted by molar-refractivity contribution is -0.384. The van der Waals surface area contributed by atoms with E-state index >= 15 is 0 Å². The van der Waals surface area contributed by atoms with E-state index in [2.05, 4.69) is 15.3 Å². The van der Waals surface area contributed by atoms with Crippen molar-refractivity contribution in [1.29, 1.82) is 0 Å². The average molecular weight is 299 g/mol. The van der Waals surface area contributed by atoms with E-state index in [9.17, 15) is 14.5 Å². The van der Waals surface area contributed by atoms with E-state index in [1.807, 2.05) is 0 Å². The maximum Gasteiger partial charge on any atom is 0.348 e. The van der Waals surface area contributed by atoms with Crippen molar-refractivity contribution >= 4 is 28.8 Å². The van der Waals surface area contributed by atoms with Crippen LogP contribution in [-0.2, 0) is 0 Å². The Bertz CT molecular complexity index is 668. The second kappa shape index (κ2) is 5.66. The quantitative estimate of drug-likeness (QED) is 0.530. The van der Waals surface area contributed by atoms with Crippen molar-refractivity contribution in [3.63, 3.8) is 0 Å². The van der Waals surface area contributed by atoms with Gasteiger partial charge in [0.25, 0.3) is 0 Å². The van der Waals surface area contributed by atoms with Gasteiger partial charge in [-0.2, -0.15) is 0 Å². The first-order valence-electron chi connectivity index (χ1n) is 5.28. The number of halogens is 2. The standard InChI is InChI=1S/C11H8ClFN4O3/c1-20-6-2-3-7(13)8(4-6)16-11-9(17(18)19)10(12)14-5-15-11/h2-5H,1H3,(H,14,15,16). The van der Waals surface area contributed by atoms with Crippen LogP contribution in [0.1, 0.15) is 0 Å². The summed E-state index contributed by atoms with van der Waals surface area (Å²) in [6.07, 6.45) is 1.04. The molecule has 20 heavy (non-hydrogen) atoms. The summed E-state index contributed by atoms with van der Waals surface area (Å²) in [6.45, 7) is 0. The maximum absolute atomic E-state index is 13.7. The van der Waals surface area contributed by atoms with Crippen LogP contribution in [-0.4, -0.2) is 22.0 Å². The Morgan fingerprint density at radius 1 is 1.45 bits per heavy atom. The lowest BCUT2D eigenvalue weighted by atomic mass is 10.3. The minimum absolute atomic E-state index is 0.0257. The highest BCUT2D eigenvalue weighted by Gasteiger charge is 2.22. The molecule has 0 bridgehead atoms. The minimum atomic E-state index is -0.747. The van der Waals surface area contributed by atoms with Gasteiger partial charge >= 0.3 is 5.69 Å². The zero-order chi connectivity index (χ0) is 14.7. The van der Waals surface area contributed by atoms with Crippen LogP contribution in [0.4, 0.5) is 21.6 Å². The second-order valence-electron chi connectivity index (χ2n) is 3.59. The van der Waals surface area contributed by atoms with E-state index in [1.54, 1.807) is 0 Å². The normalized spacial score (nSPS) is 10.2. The van der Waals surface area contributed by atoms with Gasteiger partial charge in [0, 0.05) is 6.07 Å². The SMILES string of the molecule is COc1ccc(F)c(Nc2ncnc(Cl)c2[N+](=O)[O-])c1. The fraction of sp³-hybridized carbons (Fsp3) is 0.0909. The fourth-order valence-corrected chi connectivity index (χ4v) is 1.67. The van der Waals surface area contributed by atoms with Crippen LogP contribution in [0.15, 0.2) is 24.5 Å². The van der Waals surface area contributed by atoms with Crippen molar-refractivity contribution in [3.8, 4) is 5.75 Å². The number of anilines is 2. The lowest BCUT2D eigenvalue weighted by Crippen LogP contribution is -2.03. The van der Waals surface area contributed by atoms with Gasteiger partial charge in [-0.25, -0.2) is 14.4 Å². The molecule has 2 rings (SSSR count). The van der Waals surface area contributed by atoms with Gasteiger partial charge < -0.3 is 10.1 Å². The Morgan fingerprint density at radius 2 is 2.20 bits per heavy atom. The van der Waals surface area contributed by atoms with Gasteiger partial charge in [0.15, 0.2) is 0 Å². The predicted octanol–water partition coefficient (Wildman–Crippen LogP) is 2.93. The molecule has 2 aromatic rings. The molecule has 0 amide bonds. The topological polar surface area (TPSA) is 90.2 Å². The van der Waals surface area contributed by atoms with Crippen LogP contribution in [0.3, 0.4) is 0 Å². The van der Waals surface area contributed by atoms with E-state index in [-0.39, 0.29) is 16.7 Å². The van der Waals surface area contributed by atoms with Crippen LogP contribution in [0.25, 0.3) is 0 Å². The van der Waals surface area contributed by atoms with E-state index in [0.29, 0.717) is 5.75 Å². The molecule has 0 aliphatic heterocycles. The van der Waals surface area contributed by atoms with E-state index in [0.717, 1.165) is 12.4 Å². The van der Waals surface area contributed by atoms with Gasteiger partial charge in [-0.15, -0.1) is 0 Å². The number of nitrogens with one attached hydrogen (secondary N) is 1. The molecule has 0 saturated carbocycles. The third-order valence-electron chi connectivity index (χ3n) is 2.39. The summed E-state index contributed by atoms with van der Waals surface area (Å²) in [7, 11) is 1.42. The van der Waals surface area contributed by atoms with E-state index in [4.69, 9.17) is 16.3 Å². The molecule has 0 aliphatic rings. The Labute approximate surface area is 117 Å². The van der Waals surface area contributed by atoms with Crippen molar-refractivity contribution in [3.05, 3.63) is 45.6 Å². The maximum atomic E-state index is 13.7. The van der Waals surface area contributed by atoms with Crippen molar-refractivity contribution in [2.24, 2.45) is 0 Å². The summed E-state index contributed by atoms with van der Waals surface area (Å²) in [4.78, 5) is 17.4. The lowest BCUT2D eigenvalue weighted by Gasteiger charge is -2.09. The van der Waals surface area contributed by atoms with Crippen LogP contribution >= 0.6 is 11.6 Å². The molecule has 104 valence electrons. The van der Waals surface area contributed by atoms with Crippen molar-refractivity contribution in [2.45, 2.75) is 0 Å². The van der Waals surface area contributed by atoms with Gasteiger partial charge in [-0.05, 0) is 12.1 Å². The molecular formula is C11H8ClFN4O3. The summed E-state index contributed by atoms with van der Waals surface area (Å²) in [5.41, 5.74) is -0.557. The molecular weight excluding hydrogens is 291 g/mol. The minimum Gasteiger partial charge on any atom is -0.497 e. The van der Waals surface area contributed by atoms with Crippen LogP contribution in [0, 0.1) is 15.9 Å². The Morgan fingerprint density at radius 3 is 2.85 bits per heavy atom. The monoisotopic (exact) mass is 298 g/mol. The predicted molar refractivity (Wildman–Crippen MR) is 69.9 cm³/mol. The first-order valence-corrected chi connectivity index (χ1v) is 5.66. The van der Waals surface area contributed by atoms with Gasteiger partial charge in [0.2, 0.25) is 11.0 Å². The number of rotatable bonds is 4. The molecule has 1 N–H and O–H groups in total. The number of aromatic nitrogens is 2. The Hall–Kier alpha value is -2.48. The van der Waals surface area contributed by atoms with Gasteiger partial charge in [0.05, 0.1) is 17.7 Å². The number of benzene rings is 1. The molecule has 0 aliphatic carbocycles. The highest BCUT2D eigenvalue weighted by atomic mass is 35.5. The number of methoxy groups -OCH3 is 1. The average Bonchev–Trinajstić information content (AvgIpc) is 2.41. The third kappa shape index (κ3) is 2.75. The molecule has 0 unspecified atom stereocenters. The van der Waals surface area contributed by atoms with Crippen molar-refractivity contribution < 1.29 is 14.1 Å². The number of nitrogens with zero attached hydrogens (tertiary/aromatic N) is 3. The number of nitro groups is 1. The number of hydrogen-bond donors (Lipinski definition) is 1. The summed E-state index contributed by atoms with van der Waals surface area (Å²) in [5.74, 6) is -0.436. The fourth-order valence-electron chi connectivity index (χ4n) is 1.47. The molecule has 1 aromatic carbocycles. The van der Waals surface area contributed by atoms with E-state index < -0.39 is 16.4 Å². The zero-order valence-electron chi connectivity index (χ0n) is 10.1. The largest absolute Gasteiger partial charge is 0.497 e. The highest BCUT2D eigenvalue weighted by molar-refractivity contribution is 6.31. The third-order valence-corrected chi connectivity index (χ3v) is 2.66. The number of ether oxygens (including phenoxy) is 1. The number of hydrogen-bond acceptors (Lipinski definition) is 6. The molecule has 0 radical (unpaired) electrons. The molecule has 0 atom stereocenters. The molecule has 0 saturated heterocycles. The van der Waals surface area contributed by atoms with Gasteiger partial charge in [-0.3, -0.25) is 10.1 Å². The smallest absolute Gasteiger partial charge is 0.348 e. The molecule has 0 spiro atoms. The van der Waals surface area contributed by atoms with Crippen LogP contribution < -0.4 is 10.1 Å². The Kier molecular flexibility index (Phi) is 3.94. The Balaban J connectivity index is 2.45. The summed E-state index contributed by atoms with van der Waals surface area (Å²) in [6, 6.07) is 3.92. The molecule has 1 heterocycles. The highest BCUT2D eigenvalue weighted by Crippen LogP contribution is 2.32. The van der Waals surface area contributed by atoms with Crippen molar-refractivity contribution in [2.75, 3.05) is 12.4 Å². The second-order valence-corrected chi connectivity index (χ2v) is 3.95. The van der Waals surface area contributed by atoms with Gasteiger partial charge in [0.1, 0.15) is 17.9 Å². The first-order chi connectivity index (χ1) is 9.52. The summed E-state index contributed by atoms with van der Waals surface area (Å²) < 4.78 is 18.6. The summed E-state index contributed by atoms with van der Waals surface area (Å²) in [5, 5.41) is 13.1. The van der Waals surface area contributed by atoms with Crippen LogP contribution in [0.5, 0.6) is 5.75 Å². The van der Waals surface area contributed by atoms with Crippen LogP contribution in [0.2, 0.25) is 5.15 Å². The molecule has 7 nitrogen and oxygen atoms in total. The van der Waals surface area contributed by atoms with E-state index in [1.165, 1.54) is 19.2 Å².